The van der Waals surface area contributed by atoms with E-state index in [9.17, 15) is 23.1 Å². The maximum atomic E-state index is 13.0. The molecule has 0 aromatic heterocycles. The predicted octanol–water partition coefficient (Wildman–Crippen LogP) is 5.40. The van der Waals surface area contributed by atoms with Gasteiger partial charge in [0, 0.05) is 0 Å². The number of nitrogens with one attached hydrogen (secondary N) is 2. The summed E-state index contributed by atoms with van der Waals surface area (Å²) in [5.41, 5.74) is -0.124. The highest BCUT2D eigenvalue weighted by molar-refractivity contribution is 5.90. The minimum absolute atomic E-state index is 0.183. The summed E-state index contributed by atoms with van der Waals surface area (Å²) in [6.07, 6.45) is -4.59. The van der Waals surface area contributed by atoms with E-state index >= 15 is 0 Å². The Morgan fingerprint density at radius 2 is 1.43 bits per heavy atom. The lowest BCUT2D eigenvalue weighted by atomic mass is 9.94. The minimum atomic E-state index is -4.59. The quantitative estimate of drug-likeness (QED) is 0.523. The molecule has 2 amide bonds. The average Bonchev–Trinajstić information content (AvgIpc) is 2.73. The first-order valence-corrected chi connectivity index (χ1v) is 9.26. The van der Waals surface area contributed by atoms with Gasteiger partial charge in [-0.2, -0.15) is 13.2 Å². The monoisotopic (exact) mass is 414 g/mol. The molecule has 30 heavy (non-hydrogen) atoms. The molecule has 0 aliphatic rings. The molecule has 0 saturated carbocycles. The fourth-order valence-corrected chi connectivity index (χ4v) is 3.01. The number of rotatable bonds is 5. The van der Waals surface area contributed by atoms with E-state index in [4.69, 9.17) is 0 Å². The standard InChI is InChI=1S/C23H21F3N2O2/c1-22(30,18-13-11-17(12-14-18)16-7-3-2-4-8-16)15-27-21(29)28-20-10-6-5-9-19(20)23(24,25)26/h2-14,30H,15H2,1H3,(H2,27,28,29)/t22-/m1/s1. The Hall–Kier alpha value is -3.32. The normalized spacial score (nSPS) is 13.4. The number of alkyl halides is 3. The van der Waals surface area contributed by atoms with Crippen LogP contribution in [0.1, 0.15) is 18.1 Å². The van der Waals surface area contributed by atoms with Crippen molar-refractivity contribution in [3.63, 3.8) is 0 Å². The second-order valence-corrected chi connectivity index (χ2v) is 7.07. The van der Waals surface area contributed by atoms with Crippen molar-refractivity contribution in [1.82, 2.24) is 5.32 Å². The van der Waals surface area contributed by atoms with Crippen LogP contribution in [0.5, 0.6) is 0 Å². The Labute approximate surface area is 172 Å². The summed E-state index contributed by atoms with van der Waals surface area (Å²) in [6, 6.07) is 20.8. The van der Waals surface area contributed by atoms with E-state index in [1.165, 1.54) is 25.1 Å². The molecule has 156 valence electrons. The van der Waals surface area contributed by atoms with Gasteiger partial charge < -0.3 is 15.7 Å². The summed E-state index contributed by atoms with van der Waals surface area (Å²) in [6.45, 7) is 1.34. The summed E-state index contributed by atoms with van der Waals surface area (Å²) in [5, 5.41) is 15.3. The van der Waals surface area contributed by atoms with Crippen LogP contribution in [0.15, 0.2) is 78.9 Å². The van der Waals surface area contributed by atoms with Gasteiger partial charge in [0.2, 0.25) is 0 Å². The average molecular weight is 414 g/mol. The zero-order valence-corrected chi connectivity index (χ0v) is 16.2. The van der Waals surface area contributed by atoms with E-state index in [1.54, 1.807) is 12.1 Å². The van der Waals surface area contributed by atoms with Crippen molar-refractivity contribution in [2.75, 3.05) is 11.9 Å². The van der Waals surface area contributed by atoms with Gasteiger partial charge in [0.1, 0.15) is 5.60 Å². The number of carbonyl (C=O) groups excluding carboxylic acids is 1. The molecule has 3 N–H and O–H groups in total. The summed E-state index contributed by atoms with van der Waals surface area (Å²) < 4.78 is 39.1. The molecule has 0 heterocycles. The van der Waals surface area contributed by atoms with E-state index in [0.717, 1.165) is 17.2 Å². The molecule has 0 bridgehead atoms. The molecule has 0 saturated heterocycles. The van der Waals surface area contributed by atoms with Gasteiger partial charge in [-0.25, -0.2) is 4.79 Å². The van der Waals surface area contributed by atoms with Crippen molar-refractivity contribution in [3.8, 4) is 11.1 Å². The highest BCUT2D eigenvalue weighted by atomic mass is 19.4. The molecule has 3 rings (SSSR count). The van der Waals surface area contributed by atoms with Crippen LogP contribution in [0.3, 0.4) is 0 Å². The molecule has 1 atom stereocenters. The van der Waals surface area contributed by atoms with Crippen LogP contribution >= 0.6 is 0 Å². The molecule has 0 aliphatic carbocycles. The Morgan fingerprint density at radius 1 is 0.867 bits per heavy atom. The van der Waals surface area contributed by atoms with Crippen molar-refractivity contribution in [3.05, 3.63) is 90.0 Å². The van der Waals surface area contributed by atoms with Gasteiger partial charge in [0.15, 0.2) is 0 Å². The number of anilines is 1. The third-order valence-electron chi connectivity index (χ3n) is 4.69. The number of benzene rings is 3. The first kappa shape index (κ1) is 21.4. The van der Waals surface area contributed by atoms with Crippen molar-refractivity contribution < 1.29 is 23.1 Å². The molecule has 0 fully saturated rings. The van der Waals surface area contributed by atoms with E-state index < -0.39 is 23.4 Å². The molecule has 3 aromatic carbocycles. The SMILES string of the molecule is C[C@@](O)(CNC(=O)Nc1ccccc1C(F)(F)F)c1ccc(-c2ccccc2)cc1. The number of para-hydroxylation sites is 1. The molecule has 0 spiro atoms. The second kappa shape index (κ2) is 8.59. The predicted molar refractivity (Wildman–Crippen MR) is 110 cm³/mol. The Kier molecular flexibility index (Phi) is 6.12. The molecular weight excluding hydrogens is 393 g/mol. The second-order valence-electron chi connectivity index (χ2n) is 7.07. The number of urea groups is 1. The molecule has 0 unspecified atom stereocenters. The maximum Gasteiger partial charge on any atom is 0.418 e. The lowest BCUT2D eigenvalue weighted by Gasteiger charge is -2.25. The summed E-state index contributed by atoms with van der Waals surface area (Å²) in [5.74, 6) is 0. The molecule has 7 heteroatoms. The first-order valence-electron chi connectivity index (χ1n) is 9.26. The van der Waals surface area contributed by atoms with Crippen LogP contribution in [0.25, 0.3) is 11.1 Å². The van der Waals surface area contributed by atoms with Crippen molar-refractivity contribution >= 4 is 11.7 Å². The van der Waals surface area contributed by atoms with Gasteiger partial charge in [-0.15, -0.1) is 0 Å². The van der Waals surface area contributed by atoms with E-state index in [0.29, 0.717) is 5.56 Å². The topological polar surface area (TPSA) is 61.4 Å². The van der Waals surface area contributed by atoms with Gasteiger partial charge in [0.25, 0.3) is 0 Å². The number of hydrogen-bond donors (Lipinski definition) is 3. The van der Waals surface area contributed by atoms with Crippen LogP contribution in [-0.4, -0.2) is 17.7 Å². The molecule has 0 radical (unpaired) electrons. The van der Waals surface area contributed by atoms with Gasteiger partial charge >= 0.3 is 12.2 Å². The smallest absolute Gasteiger partial charge is 0.384 e. The van der Waals surface area contributed by atoms with Crippen LogP contribution < -0.4 is 10.6 Å². The number of hydrogen-bond acceptors (Lipinski definition) is 2. The van der Waals surface area contributed by atoms with Crippen molar-refractivity contribution in [1.29, 1.82) is 0 Å². The number of halogens is 3. The summed E-state index contributed by atoms with van der Waals surface area (Å²) in [4.78, 5) is 12.1. The fourth-order valence-electron chi connectivity index (χ4n) is 3.01. The van der Waals surface area contributed by atoms with Crippen LogP contribution in [0, 0.1) is 0 Å². The summed E-state index contributed by atoms with van der Waals surface area (Å²) >= 11 is 0. The van der Waals surface area contributed by atoms with Gasteiger partial charge in [-0.05, 0) is 35.7 Å². The zero-order valence-electron chi connectivity index (χ0n) is 16.2. The Bertz CT molecular complexity index is 1000. The summed E-state index contributed by atoms with van der Waals surface area (Å²) in [7, 11) is 0. The number of carbonyl (C=O) groups is 1. The van der Waals surface area contributed by atoms with Crippen molar-refractivity contribution in [2.45, 2.75) is 18.7 Å². The number of aliphatic hydroxyl groups is 1. The minimum Gasteiger partial charge on any atom is -0.384 e. The largest absolute Gasteiger partial charge is 0.418 e. The van der Waals surface area contributed by atoms with Crippen LogP contribution in [-0.2, 0) is 11.8 Å². The lowest BCUT2D eigenvalue weighted by molar-refractivity contribution is -0.136. The molecule has 4 nitrogen and oxygen atoms in total. The Balaban J connectivity index is 1.64. The third-order valence-corrected chi connectivity index (χ3v) is 4.69. The Morgan fingerprint density at radius 3 is 2.07 bits per heavy atom. The lowest BCUT2D eigenvalue weighted by Crippen LogP contribution is -2.40. The highest BCUT2D eigenvalue weighted by Crippen LogP contribution is 2.34. The molecule has 3 aromatic rings. The number of amides is 2. The zero-order chi connectivity index (χ0) is 21.8. The van der Waals surface area contributed by atoms with Gasteiger partial charge in [-0.1, -0.05) is 66.7 Å². The fraction of sp³-hybridized carbons (Fsp3) is 0.174. The van der Waals surface area contributed by atoms with Crippen LogP contribution in [0.2, 0.25) is 0 Å². The van der Waals surface area contributed by atoms with E-state index in [1.807, 2.05) is 42.5 Å². The highest BCUT2D eigenvalue weighted by Gasteiger charge is 2.33. The van der Waals surface area contributed by atoms with Crippen molar-refractivity contribution in [2.24, 2.45) is 0 Å². The molecule has 0 aliphatic heterocycles. The van der Waals surface area contributed by atoms with E-state index in [2.05, 4.69) is 10.6 Å². The first-order chi connectivity index (χ1) is 14.2. The maximum absolute atomic E-state index is 13.0. The van der Waals surface area contributed by atoms with Gasteiger partial charge in [0.05, 0.1) is 17.8 Å². The third kappa shape index (κ3) is 5.18. The van der Waals surface area contributed by atoms with E-state index in [-0.39, 0.29) is 12.2 Å². The van der Waals surface area contributed by atoms with Crippen LogP contribution in [0.4, 0.5) is 23.7 Å². The molecular formula is C23H21F3N2O2. The van der Waals surface area contributed by atoms with Gasteiger partial charge in [-0.3, -0.25) is 0 Å².